The predicted molar refractivity (Wildman–Crippen MR) is 82.5 cm³/mol. The Morgan fingerprint density at radius 3 is 2.33 bits per heavy atom. The molecule has 2 nitrogen and oxygen atoms in total. The topological polar surface area (TPSA) is 29.1 Å². The van der Waals surface area contributed by atoms with E-state index in [-0.39, 0.29) is 5.91 Å². The van der Waals surface area contributed by atoms with Crippen molar-refractivity contribution in [2.45, 2.75) is 6.92 Å². The van der Waals surface area contributed by atoms with Crippen LogP contribution < -0.4 is 5.32 Å². The molecule has 0 spiro atoms. The summed E-state index contributed by atoms with van der Waals surface area (Å²) < 4.78 is 0.723. The number of fused-ring (bicyclic) bond motifs is 1. The lowest BCUT2D eigenvalue weighted by atomic mass is 10.1. The highest BCUT2D eigenvalue weighted by Crippen LogP contribution is 2.27. The van der Waals surface area contributed by atoms with Crippen LogP contribution in [0.25, 0.3) is 16.5 Å². The number of carbonyl (C=O) groups is 1. The highest BCUT2D eigenvalue weighted by atomic mass is 79.9. The molecule has 0 aliphatic rings. The lowest BCUT2D eigenvalue weighted by Crippen LogP contribution is -2.18. The number of nitrogens with one attached hydrogen (secondary N) is 1. The van der Waals surface area contributed by atoms with Gasteiger partial charge in [-0.05, 0) is 48.7 Å². The van der Waals surface area contributed by atoms with Crippen molar-refractivity contribution in [2.75, 3.05) is 0 Å². The maximum absolute atomic E-state index is 11.2. The van der Waals surface area contributed by atoms with E-state index in [1.54, 1.807) is 0 Å². The molecule has 0 heterocycles. The summed E-state index contributed by atoms with van der Waals surface area (Å²) in [4.78, 5) is 11.2. The first-order valence-electron chi connectivity index (χ1n) is 5.40. The van der Waals surface area contributed by atoms with Crippen molar-refractivity contribution in [3.63, 3.8) is 0 Å². The van der Waals surface area contributed by atoms with Crippen LogP contribution in [0.15, 0.2) is 45.9 Å². The Morgan fingerprint density at radius 1 is 1.06 bits per heavy atom. The second-order valence-corrected chi connectivity index (χ2v) is 6.53. The maximum atomic E-state index is 11.2. The highest BCUT2D eigenvalue weighted by molar-refractivity contribution is 9.28. The molecular weight excluding hydrogens is 358 g/mol. The second-order valence-electron chi connectivity index (χ2n) is 3.88. The largest absolute Gasteiger partial charge is 0.324 e. The standard InChI is InChI=1S/C14H11Br2NO/c1-9(18)17-13(14(15)16)12-7-6-10-4-2-3-5-11(10)8-12/h2-8H,1H3,(H,17,18). The molecule has 1 N–H and O–H groups in total. The van der Waals surface area contributed by atoms with Crippen LogP contribution in [0.2, 0.25) is 0 Å². The molecule has 92 valence electrons. The molecule has 0 bridgehead atoms. The van der Waals surface area contributed by atoms with E-state index >= 15 is 0 Å². The van der Waals surface area contributed by atoms with Gasteiger partial charge in [0.05, 0.1) is 9.09 Å². The first-order valence-corrected chi connectivity index (χ1v) is 6.98. The highest BCUT2D eigenvalue weighted by Gasteiger charge is 2.08. The third-order valence-electron chi connectivity index (χ3n) is 2.53. The summed E-state index contributed by atoms with van der Waals surface area (Å²) in [6.45, 7) is 1.49. The Bertz CT molecular complexity index is 630. The summed E-state index contributed by atoms with van der Waals surface area (Å²) in [7, 11) is 0. The number of benzene rings is 2. The molecule has 0 saturated carbocycles. The van der Waals surface area contributed by atoms with Gasteiger partial charge in [-0.3, -0.25) is 4.79 Å². The zero-order valence-corrected chi connectivity index (χ0v) is 12.9. The van der Waals surface area contributed by atoms with Crippen LogP contribution >= 0.6 is 31.9 Å². The second kappa shape index (κ2) is 5.67. The molecular formula is C14H11Br2NO. The van der Waals surface area contributed by atoms with Gasteiger partial charge in [0.15, 0.2) is 0 Å². The molecule has 0 radical (unpaired) electrons. The minimum atomic E-state index is -0.102. The number of halogens is 2. The van der Waals surface area contributed by atoms with Crippen LogP contribution in [0.5, 0.6) is 0 Å². The van der Waals surface area contributed by atoms with Gasteiger partial charge in [0.2, 0.25) is 5.91 Å². The van der Waals surface area contributed by atoms with Gasteiger partial charge in [0.25, 0.3) is 0 Å². The Hall–Kier alpha value is -1.13. The Balaban J connectivity index is 2.52. The maximum Gasteiger partial charge on any atom is 0.221 e. The van der Waals surface area contributed by atoms with Gasteiger partial charge in [-0.1, -0.05) is 36.4 Å². The molecule has 1 amide bonds. The minimum Gasteiger partial charge on any atom is -0.324 e. The third-order valence-corrected chi connectivity index (χ3v) is 3.32. The molecule has 18 heavy (non-hydrogen) atoms. The first-order chi connectivity index (χ1) is 8.58. The summed E-state index contributed by atoms with van der Waals surface area (Å²) >= 11 is 6.70. The molecule has 2 aromatic rings. The summed E-state index contributed by atoms with van der Waals surface area (Å²) in [6, 6.07) is 14.2. The van der Waals surface area contributed by atoms with Crippen molar-refractivity contribution in [1.82, 2.24) is 5.32 Å². The van der Waals surface area contributed by atoms with Crippen LogP contribution in [0, 0.1) is 0 Å². The van der Waals surface area contributed by atoms with E-state index in [1.807, 2.05) is 36.4 Å². The summed E-state index contributed by atoms with van der Waals surface area (Å²) in [5.41, 5.74) is 1.68. The van der Waals surface area contributed by atoms with E-state index in [0.717, 1.165) is 20.0 Å². The Kier molecular flexibility index (Phi) is 4.19. The average molecular weight is 369 g/mol. The molecule has 0 aliphatic heterocycles. The van der Waals surface area contributed by atoms with Crippen molar-refractivity contribution in [1.29, 1.82) is 0 Å². The third kappa shape index (κ3) is 3.00. The zero-order valence-electron chi connectivity index (χ0n) is 9.71. The Labute approximate surface area is 122 Å². The fraction of sp³-hybridized carbons (Fsp3) is 0.0714. The quantitative estimate of drug-likeness (QED) is 0.836. The van der Waals surface area contributed by atoms with Crippen molar-refractivity contribution < 1.29 is 4.79 Å². The van der Waals surface area contributed by atoms with E-state index < -0.39 is 0 Å². The van der Waals surface area contributed by atoms with E-state index in [9.17, 15) is 4.79 Å². The fourth-order valence-electron chi connectivity index (χ4n) is 1.75. The van der Waals surface area contributed by atoms with E-state index in [1.165, 1.54) is 12.3 Å². The molecule has 2 rings (SSSR count). The van der Waals surface area contributed by atoms with Gasteiger partial charge in [-0.15, -0.1) is 0 Å². The number of amides is 1. The van der Waals surface area contributed by atoms with E-state index in [4.69, 9.17) is 0 Å². The fourth-order valence-corrected chi connectivity index (χ4v) is 2.41. The molecule has 0 fully saturated rings. The number of rotatable bonds is 2. The lowest BCUT2D eigenvalue weighted by molar-refractivity contribution is -0.117. The van der Waals surface area contributed by atoms with Crippen LogP contribution in [-0.2, 0) is 4.79 Å². The van der Waals surface area contributed by atoms with Crippen molar-refractivity contribution >= 4 is 54.2 Å². The first kappa shape index (κ1) is 13.3. The van der Waals surface area contributed by atoms with Crippen LogP contribution in [0.3, 0.4) is 0 Å². The summed E-state index contributed by atoms with van der Waals surface area (Å²) in [5, 5.41) is 5.12. The van der Waals surface area contributed by atoms with Crippen molar-refractivity contribution in [3.05, 3.63) is 51.4 Å². The van der Waals surface area contributed by atoms with Gasteiger partial charge in [-0.2, -0.15) is 0 Å². The van der Waals surface area contributed by atoms with Gasteiger partial charge in [-0.25, -0.2) is 0 Å². The summed E-state index contributed by atoms with van der Waals surface area (Å²) in [6.07, 6.45) is 0. The molecule has 0 unspecified atom stereocenters. The van der Waals surface area contributed by atoms with Crippen molar-refractivity contribution in [2.24, 2.45) is 0 Å². The van der Waals surface area contributed by atoms with Gasteiger partial charge in [0.1, 0.15) is 0 Å². The van der Waals surface area contributed by atoms with Crippen LogP contribution in [-0.4, -0.2) is 5.91 Å². The van der Waals surface area contributed by atoms with Crippen LogP contribution in [0.4, 0.5) is 0 Å². The lowest BCUT2D eigenvalue weighted by Gasteiger charge is -2.10. The molecule has 2 aromatic carbocycles. The van der Waals surface area contributed by atoms with Crippen LogP contribution in [0.1, 0.15) is 12.5 Å². The number of hydrogen-bond donors (Lipinski definition) is 1. The van der Waals surface area contributed by atoms with Crippen molar-refractivity contribution in [3.8, 4) is 0 Å². The van der Waals surface area contributed by atoms with E-state index in [2.05, 4.69) is 43.2 Å². The SMILES string of the molecule is CC(=O)NC(=C(Br)Br)c1ccc2ccccc2c1. The van der Waals surface area contributed by atoms with Gasteiger partial charge in [0, 0.05) is 12.5 Å². The molecule has 4 heteroatoms. The zero-order chi connectivity index (χ0) is 13.1. The van der Waals surface area contributed by atoms with Gasteiger partial charge >= 0.3 is 0 Å². The smallest absolute Gasteiger partial charge is 0.221 e. The Morgan fingerprint density at radius 2 is 1.72 bits per heavy atom. The number of hydrogen-bond acceptors (Lipinski definition) is 1. The normalized spacial score (nSPS) is 10.2. The van der Waals surface area contributed by atoms with E-state index in [0.29, 0.717) is 0 Å². The molecule has 0 aromatic heterocycles. The molecule has 0 saturated heterocycles. The minimum absolute atomic E-state index is 0.102. The predicted octanol–water partition coefficient (Wildman–Crippen LogP) is 4.39. The van der Waals surface area contributed by atoms with Gasteiger partial charge < -0.3 is 5.32 Å². The molecule has 0 atom stereocenters. The monoisotopic (exact) mass is 367 g/mol. The average Bonchev–Trinajstić information content (AvgIpc) is 2.35. The summed E-state index contributed by atoms with van der Waals surface area (Å²) in [5.74, 6) is -0.102. The molecule has 0 aliphatic carbocycles. The number of carbonyl (C=O) groups excluding carboxylic acids is 1.